The van der Waals surface area contributed by atoms with Crippen LogP contribution < -0.4 is 9.64 Å². The summed E-state index contributed by atoms with van der Waals surface area (Å²) in [7, 11) is 0. The fourth-order valence-corrected chi connectivity index (χ4v) is 2.27. The Morgan fingerprint density at radius 2 is 1.75 bits per heavy atom. The van der Waals surface area contributed by atoms with Crippen molar-refractivity contribution in [3.05, 3.63) is 24.3 Å². The Morgan fingerprint density at radius 1 is 1.10 bits per heavy atom. The summed E-state index contributed by atoms with van der Waals surface area (Å²) in [6, 6.07) is 8.09. The second-order valence-corrected chi connectivity index (χ2v) is 5.53. The molecule has 1 aliphatic rings. The molecule has 112 valence electrons. The summed E-state index contributed by atoms with van der Waals surface area (Å²) in [6.45, 7) is 6.76. The van der Waals surface area contributed by atoms with Crippen LogP contribution in [0.4, 0.5) is 5.69 Å². The van der Waals surface area contributed by atoms with Crippen LogP contribution in [0.15, 0.2) is 24.3 Å². The molecule has 1 aromatic carbocycles. The number of hydrogen-bond acceptors (Lipinski definition) is 4. The van der Waals surface area contributed by atoms with Crippen molar-refractivity contribution in [2.45, 2.75) is 38.9 Å². The first-order valence-electron chi connectivity index (χ1n) is 7.42. The number of ether oxygens (including phenoxy) is 2. The van der Waals surface area contributed by atoms with Gasteiger partial charge in [-0.05, 0) is 51.0 Å². The molecule has 20 heavy (non-hydrogen) atoms. The van der Waals surface area contributed by atoms with E-state index in [1.807, 2.05) is 26.0 Å². The van der Waals surface area contributed by atoms with Crippen molar-refractivity contribution < 1.29 is 14.6 Å². The van der Waals surface area contributed by atoms with Crippen molar-refractivity contribution in [2.75, 3.05) is 31.2 Å². The molecule has 0 aliphatic carbocycles. The third kappa shape index (κ3) is 4.69. The number of aliphatic hydroxyl groups is 1. The van der Waals surface area contributed by atoms with Crippen LogP contribution in [0.5, 0.6) is 5.75 Å². The van der Waals surface area contributed by atoms with E-state index in [2.05, 4.69) is 17.0 Å². The minimum atomic E-state index is -0.587. The summed E-state index contributed by atoms with van der Waals surface area (Å²) < 4.78 is 10.9. The zero-order valence-electron chi connectivity index (χ0n) is 12.4. The van der Waals surface area contributed by atoms with Crippen LogP contribution in [-0.2, 0) is 4.74 Å². The monoisotopic (exact) mass is 279 g/mol. The number of benzene rings is 1. The lowest BCUT2D eigenvalue weighted by atomic mass is 10.3. The first-order chi connectivity index (χ1) is 9.65. The van der Waals surface area contributed by atoms with Gasteiger partial charge in [-0.15, -0.1) is 0 Å². The highest BCUT2D eigenvalue weighted by Crippen LogP contribution is 2.23. The zero-order valence-corrected chi connectivity index (χ0v) is 12.4. The summed E-state index contributed by atoms with van der Waals surface area (Å²) in [5, 5.41) is 9.73. The highest BCUT2D eigenvalue weighted by atomic mass is 16.5. The molecule has 0 saturated carbocycles. The second kappa shape index (κ2) is 7.50. The van der Waals surface area contributed by atoms with E-state index >= 15 is 0 Å². The number of nitrogens with zero attached hydrogens (tertiary/aromatic N) is 1. The van der Waals surface area contributed by atoms with Gasteiger partial charge in [-0.2, -0.15) is 0 Å². The van der Waals surface area contributed by atoms with Gasteiger partial charge >= 0.3 is 0 Å². The minimum Gasteiger partial charge on any atom is -0.491 e. The Labute approximate surface area is 121 Å². The molecule has 1 fully saturated rings. The molecule has 1 atom stereocenters. The average Bonchev–Trinajstić information content (AvgIpc) is 2.97. The molecule has 0 aromatic heterocycles. The molecule has 0 spiro atoms. The Bertz CT molecular complexity index is 385. The van der Waals surface area contributed by atoms with Crippen molar-refractivity contribution in [3.8, 4) is 5.75 Å². The lowest BCUT2D eigenvalue weighted by Crippen LogP contribution is -2.25. The van der Waals surface area contributed by atoms with E-state index in [1.54, 1.807) is 0 Å². The molecule has 2 rings (SSSR count). The molecule has 4 heteroatoms. The topological polar surface area (TPSA) is 41.9 Å². The second-order valence-electron chi connectivity index (χ2n) is 5.53. The van der Waals surface area contributed by atoms with Crippen LogP contribution in [-0.4, -0.2) is 43.6 Å². The van der Waals surface area contributed by atoms with Crippen molar-refractivity contribution >= 4 is 5.69 Å². The van der Waals surface area contributed by atoms with Gasteiger partial charge in [0.2, 0.25) is 0 Å². The van der Waals surface area contributed by atoms with Crippen LogP contribution in [0.25, 0.3) is 0 Å². The highest BCUT2D eigenvalue weighted by molar-refractivity contribution is 5.49. The summed E-state index contributed by atoms with van der Waals surface area (Å²) in [5.41, 5.74) is 1.25. The van der Waals surface area contributed by atoms with Crippen molar-refractivity contribution in [2.24, 2.45) is 0 Å². The lowest BCUT2D eigenvalue weighted by molar-refractivity contribution is -0.0122. The number of rotatable bonds is 7. The molecule has 1 heterocycles. The van der Waals surface area contributed by atoms with E-state index in [0.717, 1.165) is 18.8 Å². The van der Waals surface area contributed by atoms with E-state index in [-0.39, 0.29) is 12.7 Å². The van der Waals surface area contributed by atoms with E-state index in [0.29, 0.717) is 6.61 Å². The van der Waals surface area contributed by atoms with E-state index in [1.165, 1.54) is 18.5 Å². The Morgan fingerprint density at radius 3 is 2.35 bits per heavy atom. The fourth-order valence-electron chi connectivity index (χ4n) is 2.27. The van der Waals surface area contributed by atoms with Crippen molar-refractivity contribution in [3.63, 3.8) is 0 Å². The van der Waals surface area contributed by atoms with Gasteiger partial charge < -0.3 is 19.5 Å². The molecule has 1 saturated heterocycles. The minimum absolute atomic E-state index is 0.129. The van der Waals surface area contributed by atoms with Crippen molar-refractivity contribution in [1.29, 1.82) is 0 Å². The first kappa shape index (κ1) is 15.1. The predicted molar refractivity (Wildman–Crippen MR) is 80.5 cm³/mol. The van der Waals surface area contributed by atoms with Crippen LogP contribution in [0.1, 0.15) is 26.7 Å². The zero-order chi connectivity index (χ0) is 14.4. The lowest BCUT2D eigenvalue weighted by Gasteiger charge is -2.18. The molecular weight excluding hydrogens is 254 g/mol. The molecule has 0 radical (unpaired) electrons. The quantitative estimate of drug-likeness (QED) is 0.832. The average molecular weight is 279 g/mol. The number of aliphatic hydroxyl groups excluding tert-OH is 1. The van der Waals surface area contributed by atoms with Gasteiger partial charge in [-0.25, -0.2) is 0 Å². The molecule has 0 amide bonds. The smallest absolute Gasteiger partial charge is 0.119 e. The Kier molecular flexibility index (Phi) is 5.68. The maximum atomic E-state index is 9.73. The van der Waals surface area contributed by atoms with Gasteiger partial charge in [0.25, 0.3) is 0 Å². The largest absolute Gasteiger partial charge is 0.491 e. The fraction of sp³-hybridized carbons (Fsp3) is 0.625. The normalized spacial score (nSPS) is 16.7. The van der Waals surface area contributed by atoms with E-state index < -0.39 is 6.10 Å². The van der Waals surface area contributed by atoms with E-state index in [9.17, 15) is 5.11 Å². The van der Waals surface area contributed by atoms with Crippen LogP contribution in [0.3, 0.4) is 0 Å². The van der Waals surface area contributed by atoms with Gasteiger partial charge in [-0.1, -0.05) is 0 Å². The molecular formula is C16H25NO3. The van der Waals surface area contributed by atoms with Gasteiger partial charge in [0.1, 0.15) is 18.5 Å². The molecule has 1 N–H and O–H groups in total. The Hall–Kier alpha value is -1.26. The SMILES string of the molecule is CC(C)OCC(O)COc1ccc(N2CCCC2)cc1. The van der Waals surface area contributed by atoms with Gasteiger partial charge in [0.15, 0.2) is 0 Å². The third-order valence-electron chi connectivity index (χ3n) is 3.37. The van der Waals surface area contributed by atoms with Crippen LogP contribution >= 0.6 is 0 Å². The number of anilines is 1. The van der Waals surface area contributed by atoms with E-state index in [4.69, 9.17) is 9.47 Å². The molecule has 4 nitrogen and oxygen atoms in total. The highest BCUT2D eigenvalue weighted by Gasteiger charge is 2.12. The third-order valence-corrected chi connectivity index (χ3v) is 3.37. The number of hydrogen-bond donors (Lipinski definition) is 1. The van der Waals surface area contributed by atoms with Crippen LogP contribution in [0, 0.1) is 0 Å². The van der Waals surface area contributed by atoms with Gasteiger partial charge in [0, 0.05) is 18.8 Å². The predicted octanol–water partition coefficient (Wildman–Crippen LogP) is 2.45. The summed E-state index contributed by atoms with van der Waals surface area (Å²) in [5.74, 6) is 0.788. The maximum Gasteiger partial charge on any atom is 0.119 e. The molecule has 1 aliphatic heterocycles. The van der Waals surface area contributed by atoms with Crippen molar-refractivity contribution in [1.82, 2.24) is 0 Å². The maximum absolute atomic E-state index is 9.73. The molecule has 0 bridgehead atoms. The molecule has 1 aromatic rings. The summed E-state index contributed by atoms with van der Waals surface area (Å²) in [4.78, 5) is 2.38. The first-order valence-corrected chi connectivity index (χ1v) is 7.42. The standard InChI is InChI=1S/C16H25NO3/c1-13(2)19-11-15(18)12-20-16-7-5-14(6-8-16)17-9-3-4-10-17/h5-8,13,15,18H,3-4,9-12H2,1-2H3. The van der Waals surface area contributed by atoms with Gasteiger partial charge in [0.05, 0.1) is 12.7 Å². The Balaban J connectivity index is 1.75. The summed E-state index contributed by atoms with van der Waals surface area (Å²) in [6.07, 6.45) is 2.10. The summed E-state index contributed by atoms with van der Waals surface area (Å²) >= 11 is 0. The molecule has 1 unspecified atom stereocenters. The van der Waals surface area contributed by atoms with Crippen LogP contribution in [0.2, 0.25) is 0 Å². The van der Waals surface area contributed by atoms with Gasteiger partial charge in [-0.3, -0.25) is 0 Å².